The van der Waals surface area contributed by atoms with Gasteiger partial charge in [0.05, 0.1) is 17.7 Å². The minimum Gasteiger partial charge on any atom is -0.466 e. The van der Waals surface area contributed by atoms with E-state index in [0.29, 0.717) is 10.6 Å². The highest BCUT2D eigenvalue weighted by atomic mass is 35.5. The first-order valence-electron chi connectivity index (χ1n) is 6.56. The van der Waals surface area contributed by atoms with Crippen LogP contribution in [-0.4, -0.2) is 21.5 Å². The lowest BCUT2D eigenvalue weighted by Gasteiger charge is -2.11. The van der Waals surface area contributed by atoms with Crippen molar-refractivity contribution in [1.29, 1.82) is 0 Å². The number of benzene rings is 2. The van der Waals surface area contributed by atoms with Crippen molar-refractivity contribution in [3.63, 3.8) is 0 Å². The smallest absolute Gasteiger partial charge is 0.330 e. The molecule has 0 atom stereocenters. The first-order valence-corrected chi connectivity index (χ1v) is 8.42. The van der Waals surface area contributed by atoms with Gasteiger partial charge in [-0.15, -0.1) is 0 Å². The number of carbonyl (C=O) groups excluding carboxylic acids is 1. The quantitative estimate of drug-likeness (QED) is 0.662. The highest BCUT2D eigenvalue weighted by molar-refractivity contribution is 7.92. The van der Waals surface area contributed by atoms with Crippen LogP contribution in [-0.2, 0) is 19.6 Å². The molecule has 120 valence electrons. The molecule has 0 fully saturated rings. The number of methoxy groups -OCH3 is 1. The van der Waals surface area contributed by atoms with Gasteiger partial charge in [-0.05, 0) is 35.9 Å². The van der Waals surface area contributed by atoms with E-state index in [9.17, 15) is 13.2 Å². The van der Waals surface area contributed by atoms with Crippen LogP contribution < -0.4 is 4.72 Å². The summed E-state index contributed by atoms with van der Waals surface area (Å²) in [6.07, 6.45) is 2.65. The van der Waals surface area contributed by atoms with Gasteiger partial charge in [0, 0.05) is 11.1 Å². The SMILES string of the molecule is COC(=O)/C=C/c1ccc(Cl)cc1NS(=O)(=O)c1ccccc1. The number of rotatable bonds is 5. The molecule has 0 radical (unpaired) electrons. The van der Waals surface area contributed by atoms with Crippen LogP contribution in [0.15, 0.2) is 59.5 Å². The number of ether oxygens (including phenoxy) is 1. The van der Waals surface area contributed by atoms with Gasteiger partial charge in [0.1, 0.15) is 0 Å². The second-order valence-corrected chi connectivity index (χ2v) is 6.63. The number of anilines is 1. The van der Waals surface area contributed by atoms with Crippen molar-refractivity contribution >= 4 is 39.4 Å². The van der Waals surface area contributed by atoms with Crippen LogP contribution in [0, 0.1) is 0 Å². The Balaban J connectivity index is 2.37. The number of hydrogen-bond acceptors (Lipinski definition) is 4. The van der Waals surface area contributed by atoms with Gasteiger partial charge in [-0.3, -0.25) is 4.72 Å². The van der Waals surface area contributed by atoms with Gasteiger partial charge in [0.25, 0.3) is 10.0 Å². The fourth-order valence-electron chi connectivity index (χ4n) is 1.79. The molecular weight excluding hydrogens is 338 g/mol. The summed E-state index contributed by atoms with van der Waals surface area (Å²) in [5, 5.41) is 0.367. The third-order valence-electron chi connectivity index (χ3n) is 2.91. The van der Waals surface area contributed by atoms with Crippen LogP contribution in [0.25, 0.3) is 6.08 Å². The molecule has 0 unspecified atom stereocenters. The molecule has 7 heteroatoms. The summed E-state index contributed by atoms with van der Waals surface area (Å²) in [5.74, 6) is -0.545. The lowest BCUT2D eigenvalue weighted by molar-refractivity contribution is -0.134. The number of hydrogen-bond donors (Lipinski definition) is 1. The lowest BCUT2D eigenvalue weighted by atomic mass is 10.1. The van der Waals surface area contributed by atoms with Crippen LogP contribution in [0.2, 0.25) is 5.02 Å². The summed E-state index contributed by atoms with van der Waals surface area (Å²) in [5.41, 5.74) is 0.751. The van der Waals surface area contributed by atoms with Crippen molar-refractivity contribution in [1.82, 2.24) is 0 Å². The Morgan fingerprint density at radius 3 is 2.52 bits per heavy atom. The van der Waals surface area contributed by atoms with Gasteiger partial charge in [-0.1, -0.05) is 35.9 Å². The van der Waals surface area contributed by atoms with E-state index in [4.69, 9.17) is 11.6 Å². The van der Waals surface area contributed by atoms with E-state index in [-0.39, 0.29) is 10.6 Å². The number of halogens is 1. The van der Waals surface area contributed by atoms with Gasteiger partial charge >= 0.3 is 5.97 Å². The zero-order chi connectivity index (χ0) is 16.9. The van der Waals surface area contributed by atoms with E-state index in [1.807, 2.05) is 0 Å². The van der Waals surface area contributed by atoms with Gasteiger partial charge in [-0.2, -0.15) is 0 Å². The largest absolute Gasteiger partial charge is 0.466 e. The molecule has 2 rings (SSSR count). The summed E-state index contributed by atoms with van der Waals surface area (Å²) < 4.78 is 31.8. The second-order valence-electron chi connectivity index (χ2n) is 4.51. The van der Waals surface area contributed by atoms with Crippen molar-refractivity contribution in [2.45, 2.75) is 4.90 Å². The summed E-state index contributed by atoms with van der Waals surface area (Å²) in [6, 6.07) is 12.6. The Bertz CT molecular complexity index is 832. The molecule has 5 nitrogen and oxygen atoms in total. The fourth-order valence-corrected chi connectivity index (χ4v) is 3.06. The molecular formula is C16H14ClNO4S. The molecule has 0 saturated heterocycles. The number of carbonyl (C=O) groups is 1. The number of sulfonamides is 1. The van der Waals surface area contributed by atoms with E-state index < -0.39 is 16.0 Å². The monoisotopic (exact) mass is 351 g/mol. The molecule has 0 aliphatic heterocycles. The van der Waals surface area contributed by atoms with Gasteiger partial charge < -0.3 is 4.74 Å². The third kappa shape index (κ3) is 4.58. The Morgan fingerprint density at radius 2 is 1.87 bits per heavy atom. The van der Waals surface area contributed by atoms with Gasteiger partial charge in [0.15, 0.2) is 0 Å². The average molecular weight is 352 g/mol. The Morgan fingerprint density at radius 1 is 1.17 bits per heavy atom. The van der Waals surface area contributed by atoms with E-state index in [2.05, 4.69) is 9.46 Å². The maximum absolute atomic E-state index is 12.4. The Kier molecular flexibility index (Phi) is 5.41. The van der Waals surface area contributed by atoms with E-state index in [0.717, 1.165) is 0 Å². The predicted molar refractivity (Wildman–Crippen MR) is 89.8 cm³/mol. The highest BCUT2D eigenvalue weighted by Gasteiger charge is 2.15. The minimum atomic E-state index is -3.76. The molecule has 0 aliphatic carbocycles. The highest BCUT2D eigenvalue weighted by Crippen LogP contribution is 2.25. The average Bonchev–Trinajstić information content (AvgIpc) is 2.54. The topological polar surface area (TPSA) is 72.5 Å². The van der Waals surface area contributed by atoms with Crippen LogP contribution in [0.4, 0.5) is 5.69 Å². The van der Waals surface area contributed by atoms with Crippen molar-refractivity contribution < 1.29 is 17.9 Å². The van der Waals surface area contributed by atoms with Crippen molar-refractivity contribution in [3.05, 3.63) is 65.2 Å². The lowest BCUT2D eigenvalue weighted by Crippen LogP contribution is -2.13. The molecule has 0 amide bonds. The first-order chi connectivity index (χ1) is 10.9. The van der Waals surface area contributed by atoms with Gasteiger partial charge in [0.2, 0.25) is 0 Å². The van der Waals surface area contributed by atoms with E-state index in [1.54, 1.807) is 30.3 Å². The number of esters is 1. The molecule has 0 saturated carbocycles. The Hall–Kier alpha value is -2.31. The molecule has 23 heavy (non-hydrogen) atoms. The maximum Gasteiger partial charge on any atom is 0.330 e. The zero-order valence-electron chi connectivity index (χ0n) is 12.2. The van der Waals surface area contributed by atoms with Crippen LogP contribution in [0.5, 0.6) is 0 Å². The minimum absolute atomic E-state index is 0.128. The molecule has 0 aliphatic rings. The first kappa shape index (κ1) is 17.1. The summed E-state index contributed by atoms with van der Waals surface area (Å²) in [4.78, 5) is 11.3. The van der Waals surface area contributed by atoms with Crippen molar-refractivity contribution in [2.24, 2.45) is 0 Å². The molecule has 2 aromatic rings. The molecule has 1 N–H and O–H groups in total. The second kappa shape index (κ2) is 7.30. The van der Waals surface area contributed by atoms with Crippen LogP contribution >= 0.6 is 11.6 Å². The molecule has 0 aromatic heterocycles. The fraction of sp³-hybridized carbons (Fsp3) is 0.0625. The molecule has 0 spiro atoms. The van der Waals surface area contributed by atoms with E-state index >= 15 is 0 Å². The number of nitrogens with one attached hydrogen (secondary N) is 1. The summed E-state index contributed by atoms with van der Waals surface area (Å²) in [7, 11) is -2.50. The molecule has 0 heterocycles. The molecule has 0 bridgehead atoms. The van der Waals surface area contributed by atoms with Crippen molar-refractivity contribution in [3.8, 4) is 0 Å². The van der Waals surface area contributed by atoms with Crippen LogP contribution in [0.1, 0.15) is 5.56 Å². The predicted octanol–water partition coefficient (Wildman–Crippen LogP) is 3.33. The summed E-state index contributed by atoms with van der Waals surface area (Å²) in [6.45, 7) is 0. The van der Waals surface area contributed by atoms with Gasteiger partial charge in [-0.25, -0.2) is 13.2 Å². The Labute approximate surface area is 139 Å². The van der Waals surface area contributed by atoms with E-state index in [1.165, 1.54) is 37.5 Å². The van der Waals surface area contributed by atoms with Crippen LogP contribution in [0.3, 0.4) is 0 Å². The third-order valence-corrected chi connectivity index (χ3v) is 4.53. The maximum atomic E-state index is 12.4. The normalized spacial score (nSPS) is 11.4. The molecule has 2 aromatic carbocycles. The van der Waals surface area contributed by atoms with Crippen molar-refractivity contribution in [2.75, 3.05) is 11.8 Å². The summed E-state index contributed by atoms with van der Waals surface area (Å²) >= 11 is 5.93. The zero-order valence-corrected chi connectivity index (χ0v) is 13.8. The standard InChI is InChI=1S/C16H14ClNO4S/c1-22-16(19)10-8-12-7-9-13(17)11-15(12)18-23(20,21)14-5-3-2-4-6-14/h2-11,18H,1H3/b10-8+.